The molecule has 0 bridgehead atoms. The number of nitrogens with one attached hydrogen (secondary N) is 1. The van der Waals surface area contributed by atoms with Gasteiger partial charge in [-0.2, -0.15) is 0 Å². The first-order chi connectivity index (χ1) is 16.2. The summed E-state index contributed by atoms with van der Waals surface area (Å²) < 4.78 is 12.0. The molecule has 1 atom stereocenters. The minimum absolute atomic E-state index is 0. The van der Waals surface area contributed by atoms with Crippen LogP contribution < -0.4 is 14.8 Å². The fourth-order valence-electron chi connectivity index (χ4n) is 5.01. The highest BCUT2D eigenvalue weighted by Crippen LogP contribution is 2.29. The number of halogens is 2. The van der Waals surface area contributed by atoms with Crippen molar-refractivity contribution < 1.29 is 19.4 Å². The van der Waals surface area contributed by atoms with Crippen molar-refractivity contribution in [2.24, 2.45) is 0 Å². The van der Waals surface area contributed by atoms with Gasteiger partial charge in [0, 0.05) is 32.2 Å². The average Bonchev–Trinajstić information content (AvgIpc) is 2.98. The number of fused-ring (bicyclic) bond motifs is 2. The molecule has 192 valence electrons. The number of rotatable bonds is 6. The fourth-order valence-corrected chi connectivity index (χ4v) is 5.01. The number of aliphatic hydroxyl groups is 1. The van der Waals surface area contributed by atoms with Gasteiger partial charge in [0.05, 0.1) is 18.2 Å². The first kappa shape index (κ1) is 27.6. The van der Waals surface area contributed by atoms with E-state index in [1.165, 1.54) is 11.1 Å². The third-order valence-corrected chi connectivity index (χ3v) is 6.79. The minimum atomic E-state index is -0.608. The molecule has 2 aromatic rings. The molecular formula is C26H35Cl2N3O4. The third kappa shape index (κ3) is 6.80. The molecule has 0 aromatic heterocycles. The van der Waals surface area contributed by atoms with E-state index >= 15 is 0 Å². The van der Waals surface area contributed by atoms with Crippen LogP contribution in [0.5, 0.6) is 11.5 Å². The number of hydrogen-bond donors (Lipinski definition) is 2. The Hall–Kier alpha value is -2.03. The van der Waals surface area contributed by atoms with Crippen molar-refractivity contribution >= 4 is 30.7 Å². The van der Waals surface area contributed by atoms with Crippen LogP contribution in [0.1, 0.15) is 34.3 Å². The van der Waals surface area contributed by atoms with E-state index in [0.29, 0.717) is 37.6 Å². The maximum Gasteiger partial charge on any atom is 0.257 e. The van der Waals surface area contributed by atoms with Gasteiger partial charge in [-0.3, -0.25) is 9.69 Å². The van der Waals surface area contributed by atoms with Gasteiger partial charge in [-0.15, -0.1) is 24.8 Å². The summed E-state index contributed by atoms with van der Waals surface area (Å²) in [5, 5.41) is 14.1. The molecule has 0 aliphatic carbocycles. The molecule has 1 amide bonds. The summed E-state index contributed by atoms with van der Waals surface area (Å²) in [4.78, 5) is 17.2. The molecule has 1 saturated heterocycles. The van der Waals surface area contributed by atoms with Crippen molar-refractivity contribution in [2.45, 2.75) is 38.0 Å². The Labute approximate surface area is 219 Å². The standard InChI is InChI=1S/C26H33N3O4.2ClH/c30-21(17-28-12-9-19-3-1-2-4-20(19)16-28)18-29-13-14-32-25-15-23(5-6-24(25)26(29)31)33-22-7-10-27-11-8-22;;/h1-6,15,21-22,27,30H,7-14,16-18H2;2*1H/t21-;;/m1../s1. The van der Waals surface area contributed by atoms with Crippen molar-refractivity contribution in [3.63, 3.8) is 0 Å². The second-order valence-corrected chi connectivity index (χ2v) is 9.23. The number of ether oxygens (including phenoxy) is 2. The highest BCUT2D eigenvalue weighted by Gasteiger charge is 2.27. The summed E-state index contributed by atoms with van der Waals surface area (Å²) in [5.74, 6) is 1.21. The second kappa shape index (κ2) is 12.8. The van der Waals surface area contributed by atoms with Crippen molar-refractivity contribution in [3.8, 4) is 11.5 Å². The number of piperidine rings is 1. The van der Waals surface area contributed by atoms with Crippen molar-refractivity contribution in [2.75, 3.05) is 45.9 Å². The van der Waals surface area contributed by atoms with Crippen molar-refractivity contribution in [1.29, 1.82) is 0 Å². The van der Waals surface area contributed by atoms with Crippen molar-refractivity contribution in [1.82, 2.24) is 15.1 Å². The highest BCUT2D eigenvalue weighted by atomic mass is 35.5. The normalized spacial score (nSPS) is 19.2. The maximum absolute atomic E-state index is 13.2. The van der Waals surface area contributed by atoms with E-state index < -0.39 is 6.10 Å². The molecule has 0 saturated carbocycles. The predicted octanol–water partition coefficient (Wildman–Crippen LogP) is 2.91. The molecule has 9 heteroatoms. The fraction of sp³-hybridized carbons (Fsp3) is 0.500. The summed E-state index contributed by atoms with van der Waals surface area (Å²) in [6.07, 6.45) is 2.53. The maximum atomic E-state index is 13.2. The lowest BCUT2D eigenvalue weighted by Crippen LogP contribution is -2.44. The molecule has 3 heterocycles. The smallest absolute Gasteiger partial charge is 0.257 e. The Balaban J connectivity index is 0.00000171. The molecule has 5 rings (SSSR count). The Morgan fingerprint density at radius 1 is 1.06 bits per heavy atom. The third-order valence-electron chi connectivity index (χ3n) is 6.79. The van der Waals surface area contributed by atoms with Crippen LogP contribution in [0, 0.1) is 0 Å². The quantitative estimate of drug-likeness (QED) is 0.606. The van der Waals surface area contributed by atoms with Gasteiger partial charge in [-0.25, -0.2) is 0 Å². The lowest BCUT2D eigenvalue weighted by molar-refractivity contribution is 0.0501. The molecular weight excluding hydrogens is 489 g/mol. The van der Waals surface area contributed by atoms with Gasteiger partial charge in [0.25, 0.3) is 5.91 Å². The summed E-state index contributed by atoms with van der Waals surface area (Å²) in [6.45, 7) is 5.40. The average molecular weight is 524 g/mol. The van der Waals surface area contributed by atoms with E-state index in [9.17, 15) is 9.90 Å². The lowest BCUT2D eigenvalue weighted by Gasteiger charge is -2.32. The van der Waals surface area contributed by atoms with E-state index in [4.69, 9.17) is 9.47 Å². The van der Waals surface area contributed by atoms with Gasteiger partial charge in [0.15, 0.2) is 0 Å². The minimum Gasteiger partial charge on any atom is -0.491 e. The van der Waals surface area contributed by atoms with Gasteiger partial charge >= 0.3 is 0 Å². The zero-order valence-corrected chi connectivity index (χ0v) is 21.5. The van der Waals surface area contributed by atoms with E-state index in [1.54, 1.807) is 11.0 Å². The van der Waals surface area contributed by atoms with Crippen molar-refractivity contribution in [3.05, 3.63) is 59.2 Å². The molecule has 0 spiro atoms. The van der Waals surface area contributed by atoms with Gasteiger partial charge in [0.2, 0.25) is 0 Å². The van der Waals surface area contributed by atoms with Crippen LogP contribution in [0.4, 0.5) is 0 Å². The molecule has 2 N–H and O–H groups in total. The first-order valence-corrected chi connectivity index (χ1v) is 12.1. The van der Waals surface area contributed by atoms with E-state index in [0.717, 1.165) is 51.2 Å². The predicted molar refractivity (Wildman–Crippen MR) is 140 cm³/mol. The number of nitrogens with zero attached hydrogens (tertiary/aromatic N) is 2. The van der Waals surface area contributed by atoms with Crippen LogP contribution >= 0.6 is 24.8 Å². The molecule has 3 aliphatic rings. The number of aliphatic hydroxyl groups excluding tert-OH is 1. The Kier molecular flexibility index (Phi) is 10.1. The SMILES string of the molecule is Cl.Cl.O=C1c2ccc(OC3CCNCC3)cc2OCCN1C[C@H](O)CN1CCc2ccccc2C1. The van der Waals surface area contributed by atoms with Gasteiger partial charge in [-0.05, 0) is 55.6 Å². The monoisotopic (exact) mass is 523 g/mol. The number of benzene rings is 2. The zero-order valence-electron chi connectivity index (χ0n) is 19.9. The van der Waals surface area contributed by atoms with E-state index in [2.05, 4.69) is 34.5 Å². The molecule has 35 heavy (non-hydrogen) atoms. The molecule has 1 fully saturated rings. The van der Waals surface area contributed by atoms with Gasteiger partial charge in [0.1, 0.15) is 24.2 Å². The van der Waals surface area contributed by atoms with E-state index in [-0.39, 0.29) is 36.8 Å². The Morgan fingerprint density at radius 2 is 1.83 bits per heavy atom. The molecule has 0 unspecified atom stereocenters. The molecule has 0 radical (unpaired) electrons. The topological polar surface area (TPSA) is 74.3 Å². The zero-order chi connectivity index (χ0) is 22.6. The number of hydrogen-bond acceptors (Lipinski definition) is 6. The van der Waals surface area contributed by atoms with Crippen LogP contribution in [-0.2, 0) is 13.0 Å². The number of amides is 1. The van der Waals surface area contributed by atoms with Crippen LogP contribution in [0.15, 0.2) is 42.5 Å². The summed E-state index contributed by atoms with van der Waals surface area (Å²) in [5.41, 5.74) is 3.25. The molecule has 2 aromatic carbocycles. The number of carbonyl (C=O) groups is 1. The lowest BCUT2D eigenvalue weighted by atomic mass is 10.00. The van der Waals surface area contributed by atoms with Gasteiger partial charge in [-0.1, -0.05) is 24.3 Å². The summed E-state index contributed by atoms with van der Waals surface area (Å²) in [7, 11) is 0. The second-order valence-electron chi connectivity index (χ2n) is 9.23. The summed E-state index contributed by atoms with van der Waals surface area (Å²) in [6, 6.07) is 14.0. The number of β-amino-alcohol motifs (C(OH)–C–C–N with tert-alkyl or cyclic N) is 1. The largest absolute Gasteiger partial charge is 0.491 e. The van der Waals surface area contributed by atoms with Crippen LogP contribution in [-0.4, -0.2) is 78.9 Å². The molecule has 3 aliphatic heterocycles. The van der Waals surface area contributed by atoms with Crippen LogP contribution in [0.25, 0.3) is 0 Å². The van der Waals surface area contributed by atoms with E-state index in [1.807, 2.05) is 12.1 Å². The molecule has 7 nitrogen and oxygen atoms in total. The summed E-state index contributed by atoms with van der Waals surface area (Å²) >= 11 is 0. The Bertz CT molecular complexity index is 987. The highest BCUT2D eigenvalue weighted by molar-refractivity contribution is 5.97. The van der Waals surface area contributed by atoms with Crippen LogP contribution in [0.3, 0.4) is 0 Å². The van der Waals surface area contributed by atoms with Crippen LogP contribution in [0.2, 0.25) is 0 Å². The Morgan fingerprint density at radius 3 is 2.63 bits per heavy atom. The number of carbonyl (C=O) groups excluding carboxylic acids is 1. The van der Waals surface area contributed by atoms with Gasteiger partial charge < -0.3 is 24.8 Å². The first-order valence-electron chi connectivity index (χ1n) is 12.1.